The fourth-order valence-electron chi connectivity index (χ4n) is 4.51. The van der Waals surface area contributed by atoms with Crippen molar-refractivity contribution in [1.82, 2.24) is 4.90 Å². The van der Waals surface area contributed by atoms with Gasteiger partial charge in [-0.25, -0.2) is 0 Å². The maximum atomic E-state index is 13.0. The fraction of sp³-hybridized carbons (Fsp3) is 0.259. The Kier molecular flexibility index (Phi) is 5.63. The van der Waals surface area contributed by atoms with Gasteiger partial charge in [-0.05, 0) is 58.9 Å². The first kappa shape index (κ1) is 20.3. The zero-order valence-electron chi connectivity index (χ0n) is 18.0. The van der Waals surface area contributed by atoms with Crippen LogP contribution in [0, 0.1) is 0 Å². The first-order valence-corrected chi connectivity index (χ1v) is 11.2. The Morgan fingerprint density at radius 2 is 1.56 bits per heavy atom. The predicted octanol–water partition coefficient (Wildman–Crippen LogP) is 4.94. The number of benzene rings is 3. The summed E-state index contributed by atoms with van der Waals surface area (Å²) in [5, 5.41) is 2.88. The van der Waals surface area contributed by atoms with E-state index in [1.165, 1.54) is 22.3 Å². The van der Waals surface area contributed by atoms with E-state index in [0.29, 0.717) is 39.0 Å². The van der Waals surface area contributed by atoms with Crippen LogP contribution in [-0.2, 0) is 29.1 Å². The Morgan fingerprint density at radius 3 is 2.28 bits per heavy atom. The van der Waals surface area contributed by atoms with Crippen LogP contribution in [0.3, 0.4) is 0 Å². The number of amides is 2. The average molecular weight is 427 g/mol. The van der Waals surface area contributed by atoms with E-state index in [-0.39, 0.29) is 11.8 Å². The summed E-state index contributed by atoms with van der Waals surface area (Å²) < 4.78 is 5.89. The third kappa shape index (κ3) is 4.24. The molecule has 0 spiro atoms. The fourth-order valence-corrected chi connectivity index (χ4v) is 4.51. The summed E-state index contributed by atoms with van der Waals surface area (Å²) in [6, 6.07) is 22.4. The van der Waals surface area contributed by atoms with Gasteiger partial charge in [0.2, 0.25) is 11.8 Å². The highest BCUT2D eigenvalue weighted by Gasteiger charge is 2.22. The molecular weight excluding hydrogens is 400 g/mol. The number of nitrogens with one attached hydrogen (secondary N) is 1. The number of nitrogens with zero attached hydrogens (tertiary/aromatic N) is 1. The Bertz CT molecular complexity index is 1120. The Morgan fingerprint density at radius 1 is 0.875 bits per heavy atom. The monoisotopic (exact) mass is 426 g/mol. The van der Waals surface area contributed by atoms with Crippen LogP contribution in [0.1, 0.15) is 36.0 Å². The summed E-state index contributed by atoms with van der Waals surface area (Å²) in [4.78, 5) is 26.5. The van der Waals surface area contributed by atoms with Crippen molar-refractivity contribution in [3.8, 4) is 16.9 Å². The van der Waals surface area contributed by atoms with E-state index in [9.17, 15) is 9.59 Å². The van der Waals surface area contributed by atoms with Gasteiger partial charge in [0.05, 0.1) is 6.61 Å². The van der Waals surface area contributed by atoms with Crippen LogP contribution in [0.5, 0.6) is 5.75 Å². The smallest absolute Gasteiger partial charge is 0.224 e. The molecule has 2 aliphatic heterocycles. The molecule has 32 heavy (non-hydrogen) atoms. The molecule has 5 heteroatoms. The summed E-state index contributed by atoms with van der Waals surface area (Å²) >= 11 is 0. The molecule has 3 aromatic rings. The van der Waals surface area contributed by atoms with Crippen LogP contribution in [0.15, 0.2) is 66.7 Å². The van der Waals surface area contributed by atoms with Gasteiger partial charge in [0.25, 0.3) is 0 Å². The lowest BCUT2D eigenvalue weighted by atomic mass is 9.97. The van der Waals surface area contributed by atoms with Gasteiger partial charge in [-0.3, -0.25) is 9.59 Å². The van der Waals surface area contributed by atoms with Gasteiger partial charge in [-0.1, -0.05) is 48.5 Å². The van der Waals surface area contributed by atoms with Crippen molar-refractivity contribution in [2.45, 2.75) is 38.8 Å². The molecule has 2 aliphatic rings. The number of fused-ring (bicyclic) bond motifs is 4. The third-order valence-electron chi connectivity index (χ3n) is 6.18. The number of hydrogen-bond donors (Lipinski definition) is 1. The molecule has 0 saturated heterocycles. The number of ether oxygens (including phenoxy) is 1. The zero-order chi connectivity index (χ0) is 21.9. The van der Waals surface area contributed by atoms with Gasteiger partial charge in [0.15, 0.2) is 0 Å². The van der Waals surface area contributed by atoms with Crippen LogP contribution < -0.4 is 10.1 Å². The Labute approximate surface area is 188 Å². The van der Waals surface area contributed by atoms with Crippen molar-refractivity contribution in [1.29, 1.82) is 0 Å². The lowest BCUT2D eigenvalue weighted by Gasteiger charge is -2.22. The molecule has 2 heterocycles. The number of hydrogen-bond acceptors (Lipinski definition) is 3. The van der Waals surface area contributed by atoms with E-state index in [1.807, 2.05) is 35.2 Å². The topological polar surface area (TPSA) is 58.6 Å². The van der Waals surface area contributed by atoms with Crippen molar-refractivity contribution < 1.29 is 14.3 Å². The number of rotatable bonds is 5. The van der Waals surface area contributed by atoms with Crippen LogP contribution in [0.2, 0.25) is 0 Å². The molecule has 162 valence electrons. The lowest BCUT2D eigenvalue weighted by molar-refractivity contribution is -0.132. The Hall–Kier alpha value is -3.60. The number of carbonyl (C=O) groups excluding carboxylic acids is 2. The van der Waals surface area contributed by atoms with Crippen molar-refractivity contribution in [3.63, 3.8) is 0 Å². The minimum Gasteiger partial charge on any atom is -0.494 e. The standard InChI is InChI=1S/C27H26N2O3/c30-26-14-11-19-16-22(12-13-25(19)28-26)32-15-5-10-27(31)29-17-20-6-1-3-8-23(20)24-9-4-2-7-21(24)18-29/h1-4,6-9,12-13,16H,5,10-11,14-15,17-18H2,(H,28,30). The largest absolute Gasteiger partial charge is 0.494 e. The first-order chi connectivity index (χ1) is 15.7. The number of aryl methyl sites for hydroxylation is 1. The molecule has 3 aromatic carbocycles. The summed E-state index contributed by atoms with van der Waals surface area (Å²) in [6.07, 6.45) is 2.35. The van der Waals surface area contributed by atoms with Gasteiger partial charge in [0.1, 0.15) is 5.75 Å². The molecule has 0 atom stereocenters. The molecule has 1 N–H and O–H groups in total. The maximum absolute atomic E-state index is 13.0. The number of anilines is 1. The molecule has 5 rings (SSSR count). The van der Waals surface area contributed by atoms with E-state index in [4.69, 9.17) is 4.74 Å². The van der Waals surface area contributed by atoms with E-state index in [1.54, 1.807) is 0 Å². The molecule has 0 aliphatic carbocycles. The second kappa shape index (κ2) is 8.87. The SMILES string of the molecule is O=C1CCc2cc(OCCCC(=O)N3Cc4ccccc4-c4ccccc4C3)ccc2N1. The van der Waals surface area contributed by atoms with Gasteiger partial charge >= 0.3 is 0 Å². The normalized spacial score (nSPS) is 14.5. The van der Waals surface area contributed by atoms with Crippen molar-refractivity contribution in [2.75, 3.05) is 11.9 Å². The molecular formula is C27H26N2O3. The highest BCUT2D eigenvalue weighted by Crippen LogP contribution is 2.32. The summed E-state index contributed by atoms with van der Waals surface area (Å²) in [6.45, 7) is 1.74. The van der Waals surface area contributed by atoms with Gasteiger partial charge in [-0.15, -0.1) is 0 Å². The molecule has 5 nitrogen and oxygen atoms in total. The average Bonchev–Trinajstić information content (AvgIpc) is 2.99. The minimum atomic E-state index is 0.0587. The highest BCUT2D eigenvalue weighted by atomic mass is 16.5. The molecule has 0 aromatic heterocycles. The lowest BCUT2D eigenvalue weighted by Crippen LogP contribution is -2.29. The molecule has 0 radical (unpaired) electrons. The molecule has 0 fully saturated rings. The number of carbonyl (C=O) groups is 2. The van der Waals surface area contributed by atoms with E-state index in [2.05, 4.69) is 41.7 Å². The van der Waals surface area contributed by atoms with Crippen LogP contribution in [-0.4, -0.2) is 23.3 Å². The van der Waals surface area contributed by atoms with Gasteiger partial charge in [0, 0.05) is 31.6 Å². The quantitative estimate of drug-likeness (QED) is 0.588. The molecule has 0 unspecified atom stereocenters. The summed E-state index contributed by atoms with van der Waals surface area (Å²) in [7, 11) is 0. The second-order valence-corrected chi connectivity index (χ2v) is 8.38. The van der Waals surface area contributed by atoms with Crippen molar-refractivity contribution in [3.05, 3.63) is 83.4 Å². The van der Waals surface area contributed by atoms with Crippen LogP contribution >= 0.6 is 0 Å². The molecule has 2 amide bonds. The van der Waals surface area contributed by atoms with E-state index < -0.39 is 0 Å². The van der Waals surface area contributed by atoms with Crippen LogP contribution in [0.4, 0.5) is 5.69 Å². The zero-order valence-corrected chi connectivity index (χ0v) is 18.0. The van der Waals surface area contributed by atoms with Gasteiger partial charge < -0.3 is 15.0 Å². The van der Waals surface area contributed by atoms with E-state index >= 15 is 0 Å². The summed E-state index contributed by atoms with van der Waals surface area (Å²) in [5.74, 6) is 0.988. The third-order valence-corrected chi connectivity index (χ3v) is 6.18. The van der Waals surface area contributed by atoms with E-state index in [0.717, 1.165) is 23.4 Å². The summed E-state index contributed by atoms with van der Waals surface area (Å²) in [5.41, 5.74) is 6.76. The Balaban J connectivity index is 1.20. The maximum Gasteiger partial charge on any atom is 0.224 e. The molecule has 0 saturated carbocycles. The van der Waals surface area contributed by atoms with Crippen molar-refractivity contribution in [2.24, 2.45) is 0 Å². The minimum absolute atomic E-state index is 0.0587. The first-order valence-electron chi connectivity index (χ1n) is 11.2. The second-order valence-electron chi connectivity index (χ2n) is 8.38. The van der Waals surface area contributed by atoms with Crippen molar-refractivity contribution >= 4 is 17.5 Å². The highest BCUT2D eigenvalue weighted by molar-refractivity contribution is 5.94. The predicted molar refractivity (Wildman–Crippen MR) is 124 cm³/mol. The van der Waals surface area contributed by atoms with Gasteiger partial charge in [-0.2, -0.15) is 0 Å². The van der Waals surface area contributed by atoms with Crippen LogP contribution in [0.25, 0.3) is 11.1 Å². The molecule has 0 bridgehead atoms.